The van der Waals surface area contributed by atoms with Gasteiger partial charge >= 0.3 is 5.97 Å². The Bertz CT molecular complexity index is 498. The van der Waals surface area contributed by atoms with Crippen molar-refractivity contribution < 1.29 is 28.2 Å². The molecular formula is C13H16F2O4. The molecule has 6 heteroatoms. The number of hydrogen-bond acceptors (Lipinski definition) is 3. The maximum Gasteiger partial charge on any atom is 0.309 e. The largest absolute Gasteiger partial charge is 0.492 e. The molecule has 0 saturated carbocycles. The van der Waals surface area contributed by atoms with Crippen LogP contribution < -0.4 is 9.47 Å². The molecule has 1 rings (SSSR count). The molecule has 1 N–H and O–H groups in total. The van der Waals surface area contributed by atoms with Gasteiger partial charge < -0.3 is 14.6 Å². The quantitative estimate of drug-likeness (QED) is 0.896. The van der Waals surface area contributed by atoms with Gasteiger partial charge in [0.1, 0.15) is 5.82 Å². The zero-order valence-corrected chi connectivity index (χ0v) is 11.2. The van der Waals surface area contributed by atoms with Gasteiger partial charge in [0.15, 0.2) is 17.3 Å². The maximum absolute atomic E-state index is 13.8. The van der Waals surface area contributed by atoms with Crippen molar-refractivity contribution in [2.45, 2.75) is 20.3 Å². The molecule has 0 spiro atoms. The number of hydrogen-bond donors (Lipinski definition) is 1. The Balaban J connectivity index is 3.38. The number of rotatable bonds is 5. The summed E-state index contributed by atoms with van der Waals surface area (Å²) in [5.41, 5.74) is -1.23. The molecule has 0 amide bonds. The molecule has 0 aromatic heterocycles. The summed E-state index contributed by atoms with van der Waals surface area (Å²) in [6, 6.07) is 0.661. The van der Waals surface area contributed by atoms with Crippen molar-refractivity contribution in [3.63, 3.8) is 0 Å². The van der Waals surface area contributed by atoms with E-state index in [1.807, 2.05) is 0 Å². The standard InChI is InChI=1S/C13H16F2O4/c1-13(2,12(16)17)6-7-8(14)5-9(15)11(19-4)10(7)18-3/h5H,6H2,1-4H3,(H,16,17). The van der Waals surface area contributed by atoms with Crippen LogP contribution in [0, 0.1) is 17.0 Å². The second-order valence-corrected chi connectivity index (χ2v) is 4.75. The Morgan fingerprint density at radius 2 is 1.74 bits per heavy atom. The second-order valence-electron chi connectivity index (χ2n) is 4.75. The minimum Gasteiger partial charge on any atom is -0.492 e. The summed E-state index contributed by atoms with van der Waals surface area (Å²) in [5.74, 6) is -3.19. The predicted octanol–water partition coefficient (Wildman–Crippen LogP) is 2.64. The minimum absolute atomic E-state index is 0.0202. The summed E-state index contributed by atoms with van der Waals surface area (Å²) in [6.07, 6.45) is -0.145. The molecule has 0 aliphatic carbocycles. The smallest absolute Gasteiger partial charge is 0.309 e. The summed E-state index contributed by atoms with van der Waals surface area (Å²) in [6.45, 7) is 2.90. The number of carboxylic acids is 1. The summed E-state index contributed by atoms with van der Waals surface area (Å²) in [7, 11) is 2.47. The number of ether oxygens (including phenoxy) is 2. The number of benzene rings is 1. The van der Waals surface area contributed by atoms with Crippen LogP contribution >= 0.6 is 0 Å². The Labute approximate surface area is 109 Å². The Morgan fingerprint density at radius 1 is 1.21 bits per heavy atom. The fraction of sp³-hybridized carbons (Fsp3) is 0.462. The highest BCUT2D eigenvalue weighted by molar-refractivity contribution is 5.74. The molecule has 0 aliphatic rings. The monoisotopic (exact) mass is 274 g/mol. The first-order valence-electron chi connectivity index (χ1n) is 5.56. The fourth-order valence-electron chi connectivity index (χ4n) is 1.71. The molecule has 4 nitrogen and oxygen atoms in total. The first kappa shape index (κ1) is 15.2. The molecule has 1 aromatic rings. The van der Waals surface area contributed by atoms with E-state index >= 15 is 0 Å². The predicted molar refractivity (Wildman–Crippen MR) is 64.6 cm³/mol. The molecule has 0 heterocycles. The molecule has 0 bridgehead atoms. The van der Waals surface area contributed by atoms with E-state index in [0.29, 0.717) is 6.07 Å². The minimum atomic E-state index is -1.21. The Kier molecular flexibility index (Phi) is 4.34. The fourth-order valence-corrected chi connectivity index (χ4v) is 1.71. The van der Waals surface area contributed by atoms with Gasteiger partial charge in [-0.05, 0) is 20.3 Å². The van der Waals surface area contributed by atoms with E-state index in [-0.39, 0.29) is 23.5 Å². The maximum atomic E-state index is 13.8. The van der Waals surface area contributed by atoms with E-state index in [9.17, 15) is 13.6 Å². The van der Waals surface area contributed by atoms with Crippen LogP contribution in [0.15, 0.2) is 6.07 Å². The number of carboxylic acid groups (broad SMARTS) is 1. The van der Waals surface area contributed by atoms with Crippen LogP contribution in [-0.4, -0.2) is 25.3 Å². The van der Waals surface area contributed by atoms with Crippen molar-refractivity contribution in [2.75, 3.05) is 14.2 Å². The second kappa shape index (κ2) is 5.42. The van der Waals surface area contributed by atoms with Crippen LogP contribution in [0.4, 0.5) is 8.78 Å². The molecule has 0 aliphatic heterocycles. The number of methoxy groups -OCH3 is 2. The zero-order chi connectivity index (χ0) is 14.8. The molecule has 0 atom stereocenters. The molecule has 0 saturated heterocycles. The van der Waals surface area contributed by atoms with E-state index in [2.05, 4.69) is 0 Å². The number of aliphatic carboxylic acids is 1. The molecule has 0 unspecified atom stereocenters. The molecule has 0 radical (unpaired) electrons. The lowest BCUT2D eigenvalue weighted by molar-refractivity contribution is -0.146. The third kappa shape index (κ3) is 2.94. The highest BCUT2D eigenvalue weighted by atomic mass is 19.1. The van der Waals surface area contributed by atoms with E-state index in [0.717, 1.165) is 0 Å². The van der Waals surface area contributed by atoms with Gasteiger partial charge in [0.2, 0.25) is 0 Å². The average Bonchev–Trinajstić information content (AvgIpc) is 2.31. The highest BCUT2D eigenvalue weighted by Gasteiger charge is 2.32. The summed E-state index contributed by atoms with van der Waals surface area (Å²) < 4.78 is 37.1. The lowest BCUT2D eigenvalue weighted by atomic mass is 9.85. The summed E-state index contributed by atoms with van der Waals surface area (Å²) in [4.78, 5) is 11.1. The third-order valence-electron chi connectivity index (χ3n) is 2.84. The van der Waals surface area contributed by atoms with Gasteiger partial charge in [0.25, 0.3) is 0 Å². The zero-order valence-electron chi connectivity index (χ0n) is 11.2. The van der Waals surface area contributed by atoms with Crippen LogP contribution in [0.25, 0.3) is 0 Å². The van der Waals surface area contributed by atoms with Crippen LogP contribution in [-0.2, 0) is 11.2 Å². The highest BCUT2D eigenvalue weighted by Crippen LogP contribution is 2.38. The third-order valence-corrected chi connectivity index (χ3v) is 2.84. The number of carbonyl (C=O) groups is 1. The summed E-state index contributed by atoms with van der Waals surface area (Å²) >= 11 is 0. The van der Waals surface area contributed by atoms with Crippen LogP contribution in [0.1, 0.15) is 19.4 Å². The van der Waals surface area contributed by atoms with E-state index in [1.54, 1.807) is 0 Å². The SMILES string of the molecule is COc1c(F)cc(F)c(CC(C)(C)C(=O)O)c1OC. The van der Waals surface area contributed by atoms with Crippen molar-refractivity contribution in [1.29, 1.82) is 0 Å². The molecule has 0 fully saturated rings. The van der Waals surface area contributed by atoms with E-state index in [1.165, 1.54) is 28.1 Å². The normalized spacial score (nSPS) is 11.3. The van der Waals surface area contributed by atoms with E-state index in [4.69, 9.17) is 14.6 Å². The van der Waals surface area contributed by atoms with Crippen molar-refractivity contribution in [2.24, 2.45) is 5.41 Å². The van der Waals surface area contributed by atoms with Crippen molar-refractivity contribution in [3.05, 3.63) is 23.3 Å². The van der Waals surface area contributed by atoms with Gasteiger partial charge in [-0.25, -0.2) is 8.78 Å². The average molecular weight is 274 g/mol. The molecule has 106 valence electrons. The van der Waals surface area contributed by atoms with Crippen molar-refractivity contribution in [1.82, 2.24) is 0 Å². The summed E-state index contributed by atoms with van der Waals surface area (Å²) in [5, 5.41) is 9.07. The Morgan fingerprint density at radius 3 is 2.16 bits per heavy atom. The molecule has 1 aromatic carbocycles. The van der Waals surface area contributed by atoms with Gasteiger partial charge in [-0.1, -0.05) is 0 Å². The first-order valence-corrected chi connectivity index (χ1v) is 5.56. The number of halogens is 2. The van der Waals surface area contributed by atoms with Crippen LogP contribution in [0.2, 0.25) is 0 Å². The van der Waals surface area contributed by atoms with Gasteiger partial charge in [0, 0.05) is 11.6 Å². The Hall–Kier alpha value is -1.85. The molecular weight excluding hydrogens is 258 g/mol. The van der Waals surface area contributed by atoms with Crippen LogP contribution in [0.5, 0.6) is 11.5 Å². The lowest BCUT2D eigenvalue weighted by Gasteiger charge is -2.22. The lowest BCUT2D eigenvalue weighted by Crippen LogP contribution is -2.27. The first-order chi connectivity index (χ1) is 8.74. The topological polar surface area (TPSA) is 55.8 Å². The van der Waals surface area contributed by atoms with Gasteiger partial charge in [-0.2, -0.15) is 0 Å². The van der Waals surface area contributed by atoms with Gasteiger partial charge in [-0.3, -0.25) is 4.79 Å². The van der Waals surface area contributed by atoms with Crippen molar-refractivity contribution >= 4 is 5.97 Å². The molecule has 19 heavy (non-hydrogen) atoms. The van der Waals surface area contributed by atoms with Crippen molar-refractivity contribution in [3.8, 4) is 11.5 Å². The van der Waals surface area contributed by atoms with Crippen LogP contribution in [0.3, 0.4) is 0 Å². The van der Waals surface area contributed by atoms with E-state index < -0.39 is 23.0 Å². The van der Waals surface area contributed by atoms with Gasteiger partial charge in [0.05, 0.1) is 19.6 Å². The van der Waals surface area contributed by atoms with Gasteiger partial charge in [-0.15, -0.1) is 0 Å².